The maximum Gasteiger partial charge on any atom is 0.159 e. The third-order valence-electron chi connectivity index (χ3n) is 3.68. The lowest BCUT2D eigenvalue weighted by molar-refractivity contribution is -0.114. The van der Waals surface area contributed by atoms with Crippen LogP contribution in [0, 0.1) is 0 Å². The Hall–Kier alpha value is -1.61. The minimum atomic E-state index is 0.205. The van der Waals surface area contributed by atoms with Crippen LogP contribution in [0.15, 0.2) is 46.8 Å². The lowest BCUT2D eigenvalue weighted by Gasteiger charge is -2.21. The molecular weight excluding hydrogens is 212 g/mol. The third-order valence-corrected chi connectivity index (χ3v) is 3.68. The molecule has 1 aliphatic heterocycles. The molecule has 3 nitrogen and oxygen atoms in total. The number of nitrogens with zero attached hydrogens (tertiary/aromatic N) is 1. The van der Waals surface area contributed by atoms with Crippen molar-refractivity contribution in [3.05, 3.63) is 46.8 Å². The highest BCUT2D eigenvalue weighted by molar-refractivity contribution is 5.94. The van der Waals surface area contributed by atoms with Crippen LogP contribution in [0.1, 0.15) is 12.8 Å². The number of hydrogen-bond acceptors (Lipinski definition) is 3. The van der Waals surface area contributed by atoms with Crippen LogP contribution in [0.4, 0.5) is 0 Å². The highest BCUT2D eigenvalue weighted by Crippen LogP contribution is 2.42. The highest BCUT2D eigenvalue weighted by Gasteiger charge is 2.34. The van der Waals surface area contributed by atoms with Crippen molar-refractivity contribution in [1.82, 2.24) is 10.2 Å². The molecule has 0 aromatic carbocycles. The number of nitrogens with one attached hydrogen (secondary N) is 1. The van der Waals surface area contributed by atoms with Crippen LogP contribution >= 0.6 is 0 Å². The quantitative estimate of drug-likeness (QED) is 0.738. The summed E-state index contributed by atoms with van der Waals surface area (Å²) in [6.07, 6.45) is 9.23. The van der Waals surface area contributed by atoms with Gasteiger partial charge in [0.05, 0.1) is 0 Å². The summed E-state index contributed by atoms with van der Waals surface area (Å²) < 4.78 is 0. The maximum absolute atomic E-state index is 11.8. The zero-order chi connectivity index (χ0) is 12.0. The number of dihydropyridines is 1. The largest absolute Gasteiger partial charge is 0.367 e. The molecule has 0 radical (unpaired) electrons. The molecule has 0 spiro atoms. The van der Waals surface area contributed by atoms with Gasteiger partial charge in [-0.3, -0.25) is 4.79 Å². The van der Waals surface area contributed by atoms with E-state index in [0.29, 0.717) is 12.5 Å². The molecule has 3 rings (SSSR count). The van der Waals surface area contributed by atoms with Crippen molar-refractivity contribution in [3.63, 3.8) is 0 Å². The van der Waals surface area contributed by atoms with Gasteiger partial charge in [-0.15, -0.1) is 0 Å². The lowest BCUT2D eigenvalue weighted by atomic mass is 9.97. The summed E-state index contributed by atoms with van der Waals surface area (Å²) in [4.78, 5) is 14.0. The molecule has 3 aliphatic rings. The van der Waals surface area contributed by atoms with Crippen molar-refractivity contribution in [2.75, 3.05) is 14.1 Å². The fraction of sp³-hybridized carbons (Fsp3) is 0.357. The van der Waals surface area contributed by atoms with Gasteiger partial charge in [-0.2, -0.15) is 0 Å². The first-order valence-corrected chi connectivity index (χ1v) is 5.93. The Labute approximate surface area is 101 Å². The summed E-state index contributed by atoms with van der Waals surface area (Å²) in [5.74, 6) is 0.205. The van der Waals surface area contributed by atoms with Gasteiger partial charge in [-0.1, -0.05) is 0 Å². The van der Waals surface area contributed by atoms with Crippen LogP contribution in [-0.2, 0) is 4.79 Å². The molecule has 0 saturated heterocycles. The normalized spacial score (nSPS) is 26.5. The molecule has 1 heterocycles. The van der Waals surface area contributed by atoms with Crippen LogP contribution in [0.25, 0.3) is 0 Å². The minimum Gasteiger partial charge on any atom is -0.367 e. The van der Waals surface area contributed by atoms with E-state index in [1.54, 1.807) is 6.08 Å². The monoisotopic (exact) mass is 228 g/mol. The summed E-state index contributed by atoms with van der Waals surface area (Å²) in [6, 6.07) is 0.364. The van der Waals surface area contributed by atoms with E-state index in [2.05, 4.69) is 30.5 Å². The number of ketones is 1. The van der Waals surface area contributed by atoms with E-state index in [1.807, 2.05) is 12.3 Å². The second-order valence-corrected chi connectivity index (χ2v) is 5.00. The van der Waals surface area contributed by atoms with E-state index < -0.39 is 0 Å². The SMILES string of the molecule is CN(C)C1CC2=CNC=C3C=CC(=O)CC1=C32. The van der Waals surface area contributed by atoms with Crippen molar-refractivity contribution in [2.24, 2.45) is 0 Å². The topological polar surface area (TPSA) is 32.3 Å². The molecule has 88 valence electrons. The Morgan fingerprint density at radius 3 is 2.88 bits per heavy atom. The van der Waals surface area contributed by atoms with E-state index in [4.69, 9.17) is 0 Å². The molecule has 0 saturated carbocycles. The molecule has 0 amide bonds. The fourth-order valence-corrected chi connectivity index (χ4v) is 2.87. The van der Waals surface area contributed by atoms with Crippen LogP contribution in [0.2, 0.25) is 0 Å². The van der Waals surface area contributed by atoms with E-state index in [-0.39, 0.29) is 5.78 Å². The van der Waals surface area contributed by atoms with Crippen LogP contribution < -0.4 is 5.32 Å². The molecule has 2 aliphatic carbocycles. The Morgan fingerprint density at radius 1 is 1.29 bits per heavy atom. The van der Waals surface area contributed by atoms with Gasteiger partial charge in [0, 0.05) is 24.9 Å². The smallest absolute Gasteiger partial charge is 0.159 e. The molecule has 0 fully saturated rings. The Bertz CT molecular complexity index is 506. The van der Waals surface area contributed by atoms with Gasteiger partial charge in [0.1, 0.15) is 0 Å². The Morgan fingerprint density at radius 2 is 2.12 bits per heavy atom. The minimum absolute atomic E-state index is 0.205. The average molecular weight is 228 g/mol. The molecular formula is C14H16N2O. The van der Waals surface area contributed by atoms with E-state index in [9.17, 15) is 4.79 Å². The Kier molecular flexibility index (Phi) is 2.30. The van der Waals surface area contributed by atoms with E-state index >= 15 is 0 Å². The van der Waals surface area contributed by atoms with E-state index in [0.717, 1.165) is 12.0 Å². The summed E-state index contributed by atoms with van der Waals surface area (Å²) in [6.45, 7) is 0. The first-order chi connectivity index (χ1) is 8.16. The number of hydrogen-bond donors (Lipinski definition) is 1. The number of likely N-dealkylation sites (N-methyl/N-ethyl adjacent to an activating group) is 1. The summed E-state index contributed by atoms with van der Waals surface area (Å²) >= 11 is 0. The summed E-state index contributed by atoms with van der Waals surface area (Å²) in [5.41, 5.74) is 5.05. The second-order valence-electron chi connectivity index (χ2n) is 5.00. The van der Waals surface area contributed by atoms with Crippen molar-refractivity contribution in [2.45, 2.75) is 18.9 Å². The molecule has 1 unspecified atom stereocenters. The van der Waals surface area contributed by atoms with Crippen LogP contribution in [-0.4, -0.2) is 30.8 Å². The van der Waals surface area contributed by atoms with Gasteiger partial charge in [0.25, 0.3) is 0 Å². The van der Waals surface area contributed by atoms with Crippen molar-refractivity contribution in [1.29, 1.82) is 0 Å². The molecule has 1 N–H and O–H groups in total. The van der Waals surface area contributed by atoms with Crippen LogP contribution in [0.5, 0.6) is 0 Å². The first kappa shape index (κ1) is 10.5. The molecule has 0 aromatic rings. The molecule has 0 aromatic heterocycles. The second kappa shape index (κ2) is 3.70. The van der Waals surface area contributed by atoms with Crippen molar-refractivity contribution in [3.8, 4) is 0 Å². The predicted molar refractivity (Wildman–Crippen MR) is 67.2 cm³/mol. The Balaban J connectivity index is 2.14. The third kappa shape index (κ3) is 1.58. The fourth-order valence-electron chi connectivity index (χ4n) is 2.87. The standard InChI is InChI=1S/C14H16N2O/c1-16(2)13-5-10-8-15-7-9-3-4-11(17)6-12(13)14(9)10/h3-4,7-8,13,15H,5-6H2,1-2H3. The lowest BCUT2D eigenvalue weighted by Crippen LogP contribution is -2.28. The number of carbonyl (C=O) groups excluding carboxylic acids is 1. The van der Waals surface area contributed by atoms with E-state index in [1.165, 1.54) is 16.7 Å². The van der Waals surface area contributed by atoms with Gasteiger partial charge in [0.2, 0.25) is 0 Å². The zero-order valence-corrected chi connectivity index (χ0v) is 10.2. The highest BCUT2D eigenvalue weighted by atomic mass is 16.1. The number of rotatable bonds is 1. The van der Waals surface area contributed by atoms with Crippen molar-refractivity contribution >= 4 is 5.78 Å². The molecule has 1 atom stereocenters. The number of carbonyl (C=O) groups is 1. The van der Waals surface area contributed by atoms with Gasteiger partial charge in [-0.05, 0) is 55.0 Å². The zero-order valence-electron chi connectivity index (χ0n) is 10.2. The first-order valence-electron chi connectivity index (χ1n) is 5.93. The molecule has 0 bridgehead atoms. The predicted octanol–water partition coefficient (Wildman–Crippen LogP) is 1.52. The van der Waals surface area contributed by atoms with Crippen molar-refractivity contribution < 1.29 is 4.79 Å². The average Bonchev–Trinajstić information content (AvgIpc) is 2.57. The molecule has 3 heteroatoms. The summed E-state index contributed by atoms with van der Waals surface area (Å²) in [7, 11) is 4.16. The summed E-state index contributed by atoms with van der Waals surface area (Å²) in [5, 5.41) is 3.17. The van der Waals surface area contributed by atoms with Gasteiger partial charge in [-0.25, -0.2) is 0 Å². The van der Waals surface area contributed by atoms with Gasteiger partial charge in [0.15, 0.2) is 5.78 Å². The van der Waals surface area contributed by atoms with Gasteiger partial charge >= 0.3 is 0 Å². The van der Waals surface area contributed by atoms with Gasteiger partial charge < -0.3 is 10.2 Å². The van der Waals surface area contributed by atoms with Crippen LogP contribution in [0.3, 0.4) is 0 Å². The number of allylic oxidation sites excluding steroid dienone is 4. The maximum atomic E-state index is 11.8. The molecule has 17 heavy (non-hydrogen) atoms.